The number of hydrogen-bond acceptors (Lipinski definition) is 7. The third-order valence-electron chi connectivity index (χ3n) is 6.20. The van der Waals surface area contributed by atoms with Gasteiger partial charge in [0.05, 0.1) is 11.6 Å². The first kappa shape index (κ1) is 24.1. The second kappa shape index (κ2) is 9.46. The Kier molecular flexibility index (Phi) is 6.17. The van der Waals surface area contributed by atoms with Crippen molar-refractivity contribution < 1.29 is 33.7 Å². The fourth-order valence-corrected chi connectivity index (χ4v) is 4.73. The van der Waals surface area contributed by atoms with Crippen LogP contribution in [0, 0.1) is 13.8 Å². The molecule has 1 saturated heterocycles. The molecule has 0 spiro atoms. The lowest BCUT2D eigenvalue weighted by atomic mass is 9.94. The van der Waals surface area contributed by atoms with E-state index in [2.05, 4.69) is 0 Å². The van der Waals surface area contributed by atoms with Crippen LogP contribution >= 0.6 is 0 Å². The number of esters is 1. The van der Waals surface area contributed by atoms with Gasteiger partial charge in [-0.25, -0.2) is 0 Å². The van der Waals surface area contributed by atoms with Gasteiger partial charge in [0.25, 0.3) is 11.7 Å². The number of carbonyl (C=O) groups excluding carboxylic acids is 3. The van der Waals surface area contributed by atoms with Crippen molar-refractivity contribution in [2.75, 3.05) is 18.1 Å². The molecule has 0 bridgehead atoms. The molecule has 8 nitrogen and oxygen atoms in total. The summed E-state index contributed by atoms with van der Waals surface area (Å²) in [5.74, 6) is -1.04. The number of anilines is 1. The summed E-state index contributed by atoms with van der Waals surface area (Å²) in [4.78, 5) is 39.6. The van der Waals surface area contributed by atoms with E-state index >= 15 is 0 Å². The van der Waals surface area contributed by atoms with Crippen molar-refractivity contribution in [2.24, 2.45) is 0 Å². The number of benzene rings is 3. The second-order valence-electron chi connectivity index (χ2n) is 9.04. The molecule has 5 rings (SSSR count). The smallest absolute Gasteiger partial charge is 0.308 e. The number of hydrogen-bond donors (Lipinski definition) is 1. The molecule has 2 aliphatic heterocycles. The highest BCUT2D eigenvalue weighted by molar-refractivity contribution is 6.51. The first-order valence-electron chi connectivity index (χ1n) is 11.8. The normalized spacial score (nSPS) is 18.1. The lowest BCUT2D eigenvalue weighted by Gasteiger charge is -2.26. The summed E-state index contributed by atoms with van der Waals surface area (Å²) in [5.41, 5.74) is 3.22. The van der Waals surface area contributed by atoms with Gasteiger partial charge >= 0.3 is 5.97 Å². The number of fused-ring (bicyclic) bond motifs is 1. The number of ether oxygens (including phenoxy) is 3. The number of aliphatic hydroxyl groups is 1. The fraction of sp³-hybridized carbons (Fsp3) is 0.207. The molecule has 1 N–H and O–H groups in total. The van der Waals surface area contributed by atoms with Crippen LogP contribution in [0.4, 0.5) is 5.69 Å². The first-order valence-corrected chi connectivity index (χ1v) is 11.8. The molecule has 2 aliphatic rings. The van der Waals surface area contributed by atoms with Gasteiger partial charge in [0, 0.05) is 18.2 Å². The SMILES string of the molecule is CC(=O)Oc1ccc(C2/C(=C(/O)c3ccc4c(c3)OCCO4)C(=O)C(=O)N2c2cc(C)cc(C)c2)cc1. The number of aliphatic hydroxyl groups excluding tert-OH is 1. The van der Waals surface area contributed by atoms with E-state index in [0.717, 1.165) is 11.1 Å². The molecule has 0 radical (unpaired) electrons. The van der Waals surface area contributed by atoms with E-state index in [1.165, 1.54) is 11.8 Å². The largest absolute Gasteiger partial charge is 0.507 e. The monoisotopic (exact) mass is 499 g/mol. The van der Waals surface area contributed by atoms with Gasteiger partial charge in [-0.2, -0.15) is 0 Å². The van der Waals surface area contributed by atoms with Crippen molar-refractivity contribution in [1.82, 2.24) is 0 Å². The predicted molar refractivity (Wildman–Crippen MR) is 136 cm³/mol. The standard InChI is InChI=1S/C29H25NO7/c1-16-12-17(2)14-21(13-16)30-26(19-4-7-22(8-5-19)37-18(3)31)25(28(33)29(30)34)27(32)20-6-9-23-24(15-20)36-11-10-35-23/h4-9,12-15,26,32H,10-11H2,1-3H3/b27-25-. The van der Waals surface area contributed by atoms with E-state index in [4.69, 9.17) is 14.2 Å². The lowest BCUT2D eigenvalue weighted by Crippen LogP contribution is -2.29. The summed E-state index contributed by atoms with van der Waals surface area (Å²) in [6.45, 7) is 5.90. The van der Waals surface area contributed by atoms with Crippen LogP contribution in [0.2, 0.25) is 0 Å². The molecule has 0 saturated carbocycles. The van der Waals surface area contributed by atoms with Gasteiger partial charge < -0.3 is 19.3 Å². The van der Waals surface area contributed by atoms with Crippen molar-refractivity contribution in [3.05, 3.63) is 88.5 Å². The number of Topliss-reactive ketones (excluding diaryl/α,β-unsaturated/α-hetero) is 1. The maximum atomic E-state index is 13.4. The van der Waals surface area contributed by atoms with E-state index in [1.807, 2.05) is 32.0 Å². The first-order chi connectivity index (χ1) is 17.7. The second-order valence-corrected chi connectivity index (χ2v) is 9.04. The predicted octanol–water partition coefficient (Wildman–Crippen LogP) is 4.63. The molecule has 1 fully saturated rings. The maximum Gasteiger partial charge on any atom is 0.308 e. The van der Waals surface area contributed by atoms with Crippen LogP contribution in [0.15, 0.2) is 66.2 Å². The number of amides is 1. The maximum absolute atomic E-state index is 13.4. The quantitative estimate of drug-likeness (QED) is 0.184. The molecule has 37 heavy (non-hydrogen) atoms. The molecule has 188 valence electrons. The topological polar surface area (TPSA) is 102 Å². The Labute approximate surface area is 213 Å². The Morgan fingerprint density at radius 2 is 1.57 bits per heavy atom. The summed E-state index contributed by atoms with van der Waals surface area (Å²) in [6.07, 6.45) is 0. The Balaban J connectivity index is 1.68. The summed E-state index contributed by atoms with van der Waals surface area (Å²) < 4.78 is 16.3. The van der Waals surface area contributed by atoms with Crippen LogP contribution in [0.3, 0.4) is 0 Å². The van der Waals surface area contributed by atoms with Crippen molar-refractivity contribution in [2.45, 2.75) is 26.8 Å². The molecule has 2 heterocycles. The summed E-state index contributed by atoms with van der Waals surface area (Å²) in [7, 11) is 0. The minimum atomic E-state index is -0.916. The van der Waals surface area contributed by atoms with Crippen LogP contribution in [-0.2, 0) is 14.4 Å². The number of nitrogens with zero attached hydrogens (tertiary/aromatic N) is 1. The number of carbonyl (C=O) groups is 3. The van der Waals surface area contributed by atoms with Gasteiger partial charge in [-0.3, -0.25) is 19.3 Å². The van der Waals surface area contributed by atoms with Crippen LogP contribution in [0.1, 0.15) is 35.2 Å². The van der Waals surface area contributed by atoms with E-state index in [9.17, 15) is 19.5 Å². The van der Waals surface area contributed by atoms with Gasteiger partial charge in [-0.1, -0.05) is 18.2 Å². The zero-order chi connectivity index (χ0) is 26.3. The average Bonchev–Trinajstić information content (AvgIpc) is 3.13. The zero-order valence-electron chi connectivity index (χ0n) is 20.6. The molecule has 1 amide bonds. The van der Waals surface area contributed by atoms with E-state index < -0.39 is 23.7 Å². The molecule has 0 aromatic heterocycles. The van der Waals surface area contributed by atoms with Gasteiger partial charge in [0.15, 0.2) is 11.5 Å². The molecule has 8 heteroatoms. The highest BCUT2D eigenvalue weighted by atomic mass is 16.6. The molecule has 0 aliphatic carbocycles. The van der Waals surface area contributed by atoms with Crippen LogP contribution in [0.5, 0.6) is 17.2 Å². The molecule has 1 unspecified atom stereocenters. The third-order valence-corrected chi connectivity index (χ3v) is 6.20. The van der Waals surface area contributed by atoms with Crippen molar-refractivity contribution >= 4 is 29.1 Å². The molecule has 3 aromatic carbocycles. The Bertz CT molecular complexity index is 1440. The van der Waals surface area contributed by atoms with Gasteiger partial charge in [0.2, 0.25) is 0 Å². The molecule has 1 atom stereocenters. The number of ketones is 1. The third kappa shape index (κ3) is 4.53. The van der Waals surface area contributed by atoms with Crippen molar-refractivity contribution in [3.8, 4) is 17.2 Å². The molecular formula is C29H25NO7. The zero-order valence-corrected chi connectivity index (χ0v) is 20.6. The van der Waals surface area contributed by atoms with Gasteiger partial charge in [0.1, 0.15) is 24.7 Å². The van der Waals surface area contributed by atoms with E-state index in [-0.39, 0.29) is 11.3 Å². The van der Waals surface area contributed by atoms with E-state index in [0.29, 0.717) is 47.3 Å². The summed E-state index contributed by atoms with van der Waals surface area (Å²) in [6, 6.07) is 16.1. The minimum Gasteiger partial charge on any atom is -0.507 e. The highest BCUT2D eigenvalue weighted by Crippen LogP contribution is 2.44. The summed E-state index contributed by atoms with van der Waals surface area (Å²) >= 11 is 0. The number of aryl methyl sites for hydroxylation is 2. The molecule has 3 aromatic rings. The Hall–Kier alpha value is -4.59. The fourth-order valence-electron chi connectivity index (χ4n) is 4.73. The van der Waals surface area contributed by atoms with Crippen LogP contribution in [-0.4, -0.2) is 36.0 Å². The highest BCUT2D eigenvalue weighted by Gasteiger charge is 2.47. The Morgan fingerprint density at radius 3 is 2.22 bits per heavy atom. The van der Waals surface area contributed by atoms with Gasteiger partial charge in [-0.05, 0) is 73.0 Å². The minimum absolute atomic E-state index is 0.0546. The lowest BCUT2D eigenvalue weighted by molar-refractivity contribution is -0.132. The van der Waals surface area contributed by atoms with Crippen molar-refractivity contribution in [1.29, 1.82) is 0 Å². The van der Waals surface area contributed by atoms with Crippen LogP contribution < -0.4 is 19.1 Å². The van der Waals surface area contributed by atoms with Crippen LogP contribution in [0.25, 0.3) is 5.76 Å². The van der Waals surface area contributed by atoms with Crippen molar-refractivity contribution in [3.63, 3.8) is 0 Å². The van der Waals surface area contributed by atoms with E-state index in [1.54, 1.807) is 42.5 Å². The average molecular weight is 500 g/mol. The Morgan fingerprint density at radius 1 is 0.919 bits per heavy atom. The number of rotatable bonds is 4. The molecular weight excluding hydrogens is 474 g/mol. The summed E-state index contributed by atoms with van der Waals surface area (Å²) in [5, 5.41) is 11.4. The van der Waals surface area contributed by atoms with Gasteiger partial charge in [-0.15, -0.1) is 0 Å².